The molecule has 30 heavy (non-hydrogen) atoms. The number of imide groups is 1. The summed E-state index contributed by atoms with van der Waals surface area (Å²) in [5, 5.41) is 2.76. The normalized spacial score (nSPS) is 16.9. The Morgan fingerprint density at radius 3 is 2.27 bits per heavy atom. The highest BCUT2D eigenvalue weighted by Crippen LogP contribution is 2.32. The Morgan fingerprint density at radius 2 is 1.53 bits per heavy atom. The summed E-state index contributed by atoms with van der Waals surface area (Å²) in [4.78, 5) is 39.1. The lowest BCUT2D eigenvalue weighted by Crippen LogP contribution is -2.40. The number of carbonyl (C=O) groups is 3. The van der Waals surface area contributed by atoms with Crippen molar-refractivity contribution in [2.75, 3.05) is 16.8 Å². The summed E-state index contributed by atoms with van der Waals surface area (Å²) in [7, 11) is 0. The van der Waals surface area contributed by atoms with Crippen LogP contribution in [0, 0.1) is 0 Å². The highest BCUT2D eigenvalue weighted by molar-refractivity contribution is 6.34. The van der Waals surface area contributed by atoms with Crippen molar-refractivity contribution in [1.82, 2.24) is 0 Å². The average Bonchev–Trinajstić information content (AvgIpc) is 3.04. The monoisotopic (exact) mass is 400 g/mol. The molecule has 0 saturated heterocycles. The predicted octanol–water partition coefficient (Wildman–Crippen LogP) is 3.27. The van der Waals surface area contributed by atoms with E-state index in [0.29, 0.717) is 34.0 Å². The molecule has 3 aromatic carbocycles. The third kappa shape index (κ3) is 2.97. The molecule has 1 atom stereocenters. The van der Waals surface area contributed by atoms with Crippen LogP contribution in [0.2, 0.25) is 0 Å². The molecule has 2 aliphatic rings. The smallest absolute Gasteiger partial charge is 0.269 e. The van der Waals surface area contributed by atoms with Gasteiger partial charge < -0.3 is 14.8 Å². The SMILES string of the molecule is O=C(Nc1cccc(N2C(=O)c3ccccc3C2=O)c1)C1COc2ccccc2O1. The second-order valence-corrected chi connectivity index (χ2v) is 6.90. The van der Waals surface area contributed by atoms with Crippen LogP contribution in [-0.4, -0.2) is 30.4 Å². The first-order valence-electron chi connectivity index (χ1n) is 9.39. The third-order valence-electron chi connectivity index (χ3n) is 4.97. The van der Waals surface area contributed by atoms with Crippen LogP contribution in [0.4, 0.5) is 11.4 Å². The zero-order chi connectivity index (χ0) is 20.7. The summed E-state index contributed by atoms with van der Waals surface area (Å²) < 4.78 is 11.3. The Kier molecular flexibility index (Phi) is 4.21. The number of nitrogens with one attached hydrogen (secondary N) is 1. The quantitative estimate of drug-likeness (QED) is 0.682. The zero-order valence-corrected chi connectivity index (χ0v) is 15.7. The van der Waals surface area contributed by atoms with Crippen molar-refractivity contribution in [1.29, 1.82) is 0 Å². The minimum atomic E-state index is -0.817. The molecule has 1 unspecified atom stereocenters. The van der Waals surface area contributed by atoms with Gasteiger partial charge in [0.2, 0.25) is 6.10 Å². The van der Waals surface area contributed by atoms with Crippen molar-refractivity contribution < 1.29 is 23.9 Å². The fraction of sp³-hybridized carbons (Fsp3) is 0.0870. The first-order chi connectivity index (χ1) is 14.6. The molecule has 148 valence electrons. The molecule has 2 heterocycles. The Labute approximate surface area is 171 Å². The average molecular weight is 400 g/mol. The van der Waals surface area contributed by atoms with Gasteiger partial charge in [0, 0.05) is 5.69 Å². The number of anilines is 2. The Hall–Kier alpha value is -4.13. The van der Waals surface area contributed by atoms with E-state index in [1.807, 2.05) is 6.07 Å². The van der Waals surface area contributed by atoms with Gasteiger partial charge >= 0.3 is 0 Å². The molecule has 0 bridgehead atoms. The highest BCUT2D eigenvalue weighted by atomic mass is 16.6. The van der Waals surface area contributed by atoms with E-state index in [2.05, 4.69) is 5.32 Å². The van der Waals surface area contributed by atoms with Crippen molar-refractivity contribution in [3.8, 4) is 11.5 Å². The van der Waals surface area contributed by atoms with Gasteiger partial charge in [-0.1, -0.05) is 30.3 Å². The van der Waals surface area contributed by atoms with E-state index >= 15 is 0 Å². The van der Waals surface area contributed by atoms with Gasteiger partial charge in [-0.05, 0) is 42.5 Å². The minimum Gasteiger partial charge on any atom is -0.485 e. The standard InChI is InChI=1S/C23H16N2O5/c26-21(20-13-29-18-10-3-4-11-19(18)30-20)24-14-6-5-7-15(12-14)25-22(27)16-8-1-2-9-17(16)23(25)28/h1-12,20H,13H2,(H,24,26). The number of hydrogen-bond acceptors (Lipinski definition) is 5. The lowest BCUT2D eigenvalue weighted by molar-refractivity contribution is -0.125. The molecule has 0 aliphatic carbocycles. The lowest BCUT2D eigenvalue weighted by Gasteiger charge is -2.25. The van der Waals surface area contributed by atoms with Crippen LogP contribution in [-0.2, 0) is 4.79 Å². The number of carbonyl (C=O) groups excluding carboxylic acids is 3. The third-order valence-corrected chi connectivity index (χ3v) is 4.97. The Morgan fingerprint density at radius 1 is 0.867 bits per heavy atom. The summed E-state index contributed by atoms with van der Waals surface area (Å²) in [6.07, 6.45) is -0.817. The molecule has 3 amide bonds. The van der Waals surface area contributed by atoms with Crippen molar-refractivity contribution in [3.63, 3.8) is 0 Å². The van der Waals surface area contributed by atoms with E-state index in [-0.39, 0.29) is 24.3 Å². The van der Waals surface area contributed by atoms with Gasteiger partial charge in [-0.3, -0.25) is 14.4 Å². The lowest BCUT2D eigenvalue weighted by atomic mass is 10.1. The van der Waals surface area contributed by atoms with Crippen LogP contribution in [0.3, 0.4) is 0 Å². The number of fused-ring (bicyclic) bond motifs is 2. The number of ether oxygens (including phenoxy) is 2. The molecule has 0 radical (unpaired) electrons. The van der Waals surface area contributed by atoms with E-state index in [4.69, 9.17) is 9.47 Å². The van der Waals surface area contributed by atoms with Crippen LogP contribution in [0.25, 0.3) is 0 Å². The second kappa shape index (κ2) is 7.04. The second-order valence-electron chi connectivity index (χ2n) is 6.90. The summed E-state index contributed by atoms with van der Waals surface area (Å²) in [5.74, 6) is -0.0683. The maximum atomic E-state index is 12.7. The van der Waals surface area contributed by atoms with E-state index in [0.717, 1.165) is 4.90 Å². The van der Waals surface area contributed by atoms with Crippen molar-refractivity contribution in [2.45, 2.75) is 6.10 Å². The molecule has 2 aliphatic heterocycles. The molecule has 1 N–H and O–H groups in total. The van der Waals surface area contributed by atoms with Crippen molar-refractivity contribution >= 4 is 29.1 Å². The van der Waals surface area contributed by atoms with Crippen LogP contribution < -0.4 is 19.7 Å². The topological polar surface area (TPSA) is 84.9 Å². The van der Waals surface area contributed by atoms with Gasteiger partial charge in [-0.2, -0.15) is 0 Å². The molecular formula is C23H16N2O5. The molecular weight excluding hydrogens is 384 g/mol. The Bertz CT molecular complexity index is 1150. The molecule has 0 fully saturated rings. The van der Waals surface area contributed by atoms with Gasteiger partial charge in [-0.15, -0.1) is 0 Å². The van der Waals surface area contributed by atoms with Gasteiger partial charge in [0.15, 0.2) is 11.5 Å². The van der Waals surface area contributed by atoms with E-state index in [9.17, 15) is 14.4 Å². The van der Waals surface area contributed by atoms with Crippen LogP contribution in [0.15, 0.2) is 72.8 Å². The molecule has 3 aromatic rings. The molecule has 7 heteroatoms. The van der Waals surface area contributed by atoms with E-state index < -0.39 is 6.10 Å². The first kappa shape index (κ1) is 17.9. The van der Waals surface area contributed by atoms with Crippen LogP contribution in [0.1, 0.15) is 20.7 Å². The molecule has 5 rings (SSSR count). The molecule has 0 saturated carbocycles. The predicted molar refractivity (Wildman–Crippen MR) is 109 cm³/mol. The maximum absolute atomic E-state index is 12.7. The zero-order valence-electron chi connectivity index (χ0n) is 15.7. The van der Waals surface area contributed by atoms with Crippen LogP contribution >= 0.6 is 0 Å². The van der Waals surface area contributed by atoms with E-state index in [1.165, 1.54) is 0 Å². The minimum absolute atomic E-state index is 0.0843. The van der Waals surface area contributed by atoms with Gasteiger partial charge in [0.25, 0.3) is 17.7 Å². The number of benzene rings is 3. The highest BCUT2D eigenvalue weighted by Gasteiger charge is 2.36. The fourth-order valence-corrected chi connectivity index (χ4v) is 3.52. The number of nitrogens with zero attached hydrogens (tertiary/aromatic N) is 1. The summed E-state index contributed by atoms with van der Waals surface area (Å²) in [5.41, 5.74) is 1.55. The Balaban J connectivity index is 1.35. The van der Waals surface area contributed by atoms with Gasteiger partial charge in [0.1, 0.15) is 6.61 Å². The van der Waals surface area contributed by atoms with Crippen LogP contribution in [0.5, 0.6) is 11.5 Å². The summed E-state index contributed by atoms with van der Waals surface area (Å²) >= 11 is 0. The largest absolute Gasteiger partial charge is 0.485 e. The first-order valence-corrected chi connectivity index (χ1v) is 9.39. The molecule has 0 spiro atoms. The summed E-state index contributed by atoms with van der Waals surface area (Å²) in [6, 6.07) is 20.4. The molecule has 0 aromatic heterocycles. The maximum Gasteiger partial charge on any atom is 0.269 e. The summed E-state index contributed by atoms with van der Waals surface area (Å²) in [6.45, 7) is 0.0843. The fourth-order valence-electron chi connectivity index (χ4n) is 3.52. The van der Waals surface area contributed by atoms with Crippen molar-refractivity contribution in [3.05, 3.63) is 83.9 Å². The number of hydrogen-bond donors (Lipinski definition) is 1. The molecule has 7 nitrogen and oxygen atoms in total. The number of amides is 3. The van der Waals surface area contributed by atoms with Gasteiger partial charge in [0.05, 0.1) is 16.8 Å². The number of para-hydroxylation sites is 2. The van der Waals surface area contributed by atoms with Crippen molar-refractivity contribution in [2.24, 2.45) is 0 Å². The van der Waals surface area contributed by atoms with Gasteiger partial charge in [-0.25, -0.2) is 4.90 Å². The van der Waals surface area contributed by atoms with E-state index in [1.54, 1.807) is 66.7 Å². The number of rotatable bonds is 3.